The van der Waals surface area contributed by atoms with Crippen LogP contribution in [0.15, 0.2) is 12.4 Å². The average Bonchev–Trinajstić information content (AvgIpc) is 2.15. The zero-order valence-electron chi connectivity index (χ0n) is 7.61. The fraction of sp³-hybridized carbons (Fsp3) is 0.333. The monoisotopic (exact) mass is 177 g/mol. The highest BCUT2D eigenvalue weighted by atomic mass is 16.5. The number of methoxy groups -OCH3 is 1. The smallest absolute Gasteiger partial charge is 0.248 e. The molecule has 0 fully saturated rings. The van der Waals surface area contributed by atoms with Crippen molar-refractivity contribution in [2.75, 3.05) is 7.11 Å². The van der Waals surface area contributed by atoms with Gasteiger partial charge in [0.15, 0.2) is 5.69 Å². The maximum atomic E-state index is 5.47. The molecule has 1 atom stereocenters. The molecule has 0 aromatic carbocycles. The van der Waals surface area contributed by atoms with E-state index in [-0.39, 0.29) is 6.04 Å². The zero-order chi connectivity index (χ0) is 9.68. The van der Waals surface area contributed by atoms with Crippen LogP contribution >= 0.6 is 0 Å². The second-order valence-corrected chi connectivity index (χ2v) is 2.47. The van der Waals surface area contributed by atoms with Crippen LogP contribution in [0.3, 0.4) is 0 Å². The van der Waals surface area contributed by atoms with Gasteiger partial charge in [-0.1, -0.05) is 5.92 Å². The molecule has 1 aromatic rings. The lowest BCUT2D eigenvalue weighted by Crippen LogP contribution is -2.11. The van der Waals surface area contributed by atoms with Crippen LogP contribution in [0.25, 0.3) is 0 Å². The highest BCUT2D eigenvalue weighted by molar-refractivity contribution is 5.36. The first-order valence-corrected chi connectivity index (χ1v) is 3.86. The van der Waals surface area contributed by atoms with Crippen molar-refractivity contribution < 1.29 is 4.74 Å². The molecule has 0 aliphatic rings. The summed E-state index contributed by atoms with van der Waals surface area (Å²) in [6.07, 6.45) is 3.11. The second kappa shape index (κ2) is 4.43. The third-order valence-corrected chi connectivity index (χ3v) is 1.28. The van der Waals surface area contributed by atoms with Gasteiger partial charge in [0.25, 0.3) is 0 Å². The molecule has 0 aliphatic heterocycles. The van der Waals surface area contributed by atoms with E-state index in [1.807, 2.05) is 0 Å². The predicted molar refractivity (Wildman–Crippen MR) is 49.1 cm³/mol. The van der Waals surface area contributed by atoms with Crippen LogP contribution in [0.1, 0.15) is 12.6 Å². The molecule has 0 radical (unpaired) electrons. The fourth-order valence-corrected chi connectivity index (χ4v) is 0.743. The Bertz CT molecular complexity index is 338. The minimum Gasteiger partial charge on any atom is -0.479 e. The van der Waals surface area contributed by atoms with Gasteiger partial charge < -0.3 is 10.5 Å². The zero-order valence-corrected chi connectivity index (χ0v) is 7.61. The number of hydrogen-bond acceptors (Lipinski definition) is 4. The van der Waals surface area contributed by atoms with Gasteiger partial charge in [0, 0.05) is 12.4 Å². The quantitative estimate of drug-likeness (QED) is 0.622. The summed E-state index contributed by atoms with van der Waals surface area (Å²) in [5.74, 6) is 6.00. The average molecular weight is 177 g/mol. The summed E-state index contributed by atoms with van der Waals surface area (Å²) >= 11 is 0. The molecular formula is C9H11N3O. The van der Waals surface area contributed by atoms with E-state index < -0.39 is 0 Å². The van der Waals surface area contributed by atoms with E-state index in [0.29, 0.717) is 11.6 Å². The van der Waals surface area contributed by atoms with Gasteiger partial charge in [-0.15, -0.1) is 0 Å². The van der Waals surface area contributed by atoms with Crippen molar-refractivity contribution in [2.24, 2.45) is 5.73 Å². The van der Waals surface area contributed by atoms with E-state index >= 15 is 0 Å². The van der Waals surface area contributed by atoms with E-state index in [2.05, 4.69) is 21.8 Å². The Hall–Kier alpha value is -1.60. The second-order valence-electron chi connectivity index (χ2n) is 2.47. The molecule has 13 heavy (non-hydrogen) atoms. The molecule has 1 rings (SSSR count). The van der Waals surface area contributed by atoms with Crippen LogP contribution in [0, 0.1) is 11.8 Å². The van der Waals surface area contributed by atoms with Crippen LogP contribution in [-0.4, -0.2) is 23.1 Å². The largest absolute Gasteiger partial charge is 0.479 e. The molecule has 1 aromatic heterocycles. The maximum Gasteiger partial charge on any atom is 0.248 e. The van der Waals surface area contributed by atoms with Gasteiger partial charge in [-0.25, -0.2) is 9.97 Å². The molecule has 1 unspecified atom stereocenters. The van der Waals surface area contributed by atoms with E-state index in [1.165, 1.54) is 7.11 Å². The number of hydrogen-bond donors (Lipinski definition) is 1. The number of ether oxygens (including phenoxy) is 1. The van der Waals surface area contributed by atoms with Gasteiger partial charge in [0.1, 0.15) is 0 Å². The van der Waals surface area contributed by atoms with Gasteiger partial charge in [0.05, 0.1) is 13.2 Å². The summed E-state index contributed by atoms with van der Waals surface area (Å²) in [6, 6.07) is -0.174. The third-order valence-electron chi connectivity index (χ3n) is 1.28. The van der Waals surface area contributed by atoms with Crippen LogP contribution in [0.2, 0.25) is 0 Å². The molecule has 0 aliphatic carbocycles. The molecule has 0 saturated carbocycles. The first-order chi connectivity index (χ1) is 6.24. The Morgan fingerprint density at radius 1 is 1.46 bits per heavy atom. The topological polar surface area (TPSA) is 61.0 Å². The summed E-state index contributed by atoms with van der Waals surface area (Å²) in [7, 11) is 1.53. The summed E-state index contributed by atoms with van der Waals surface area (Å²) in [5, 5.41) is 0. The molecule has 4 heteroatoms. The minimum atomic E-state index is -0.174. The molecule has 0 saturated heterocycles. The lowest BCUT2D eigenvalue weighted by molar-refractivity contribution is 0.394. The SMILES string of the molecule is COc1nccnc1C#CC(C)N. The van der Waals surface area contributed by atoms with Gasteiger partial charge in [0.2, 0.25) is 5.88 Å². The Morgan fingerprint density at radius 2 is 2.15 bits per heavy atom. The van der Waals surface area contributed by atoms with Crippen LogP contribution in [0.5, 0.6) is 5.88 Å². The molecule has 2 N–H and O–H groups in total. The molecule has 0 spiro atoms. The van der Waals surface area contributed by atoms with E-state index in [1.54, 1.807) is 19.3 Å². The summed E-state index contributed by atoms with van der Waals surface area (Å²) in [6.45, 7) is 1.80. The lowest BCUT2D eigenvalue weighted by atomic mass is 10.3. The highest BCUT2D eigenvalue weighted by Gasteiger charge is 1.99. The number of rotatable bonds is 1. The van der Waals surface area contributed by atoms with Crippen molar-refractivity contribution in [3.8, 4) is 17.7 Å². The van der Waals surface area contributed by atoms with E-state index in [0.717, 1.165) is 0 Å². The van der Waals surface area contributed by atoms with Crippen molar-refractivity contribution in [3.05, 3.63) is 18.1 Å². The predicted octanol–water partition coefficient (Wildman–Crippen LogP) is 0.184. The Morgan fingerprint density at radius 3 is 2.77 bits per heavy atom. The molecule has 1 heterocycles. The Balaban J connectivity index is 2.95. The standard InChI is InChI=1S/C9H11N3O/c1-7(10)3-4-8-9(13-2)12-6-5-11-8/h5-7H,10H2,1-2H3. The molecular weight excluding hydrogens is 166 g/mol. The van der Waals surface area contributed by atoms with E-state index in [4.69, 9.17) is 10.5 Å². The summed E-state index contributed by atoms with van der Waals surface area (Å²) in [5.41, 5.74) is 5.99. The van der Waals surface area contributed by atoms with Crippen LogP contribution in [0.4, 0.5) is 0 Å². The van der Waals surface area contributed by atoms with Gasteiger partial charge >= 0.3 is 0 Å². The molecule has 0 bridgehead atoms. The Kier molecular flexibility index (Phi) is 3.23. The van der Waals surface area contributed by atoms with Crippen LogP contribution in [-0.2, 0) is 0 Å². The number of nitrogens with zero attached hydrogens (tertiary/aromatic N) is 2. The van der Waals surface area contributed by atoms with Crippen molar-refractivity contribution in [1.29, 1.82) is 0 Å². The highest BCUT2D eigenvalue weighted by Crippen LogP contribution is 2.07. The first-order valence-electron chi connectivity index (χ1n) is 3.86. The van der Waals surface area contributed by atoms with Crippen molar-refractivity contribution in [1.82, 2.24) is 9.97 Å². The third kappa shape index (κ3) is 2.73. The molecule has 4 nitrogen and oxygen atoms in total. The number of aromatic nitrogens is 2. The maximum absolute atomic E-state index is 5.47. The van der Waals surface area contributed by atoms with Crippen molar-refractivity contribution >= 4 is 0 Å². The normalized spacial score (nSPS) is 11.3. The summed E-state index contributed by atoms with van der Waals surface area (Å²) < 4.78 is 4.96. The van der Waals surface area contributed by atoms with Crippen molar-refractivity contribution in [2.45, 2.75) is 13.0 Å². The van der Waals surface area contributed by atoms with Gasteiger partial charge in [-0.2, -0.15) is 0 Å². The Labute approximate surface area is 77.1 Å². The molecule has 68 valence electrons. The van der Waals surface area contributed by atoms with Gasteiger partial charge in [-0.3, -0.25) is 0 Å². The lowest BCUT2D eigenvalue weighted by Gasteiger charge is -1.98. The number of nitrogens with two attached hydrogens (primary N) is 1. The summed E-state index contributed by atoms with van der Waals surface area (Å²) in [4.78, 5) is 7.95. The first kappa shape index (κ1) is 9.49. The van der Waals surface area contributed by atoms with Crippen molar-refractivity contribution in [3.63, 3.8) is 0 Å². The van der Waals surface area contributed by atoms with E-state index in [9.17, 15) is 0 Å². The molecule has 0 amide bonds. The fourth-order valence-electron chi connectivity index (χ4n) is 0.743. The van der Waals surface area contributed by atoms with Gasteiger partial charge in [-0.05, 0) is 12.8 Å². The minimum absolute atomic E-state index is 0.174. The van der Waals surface area contributed by atoms with Crippen LogP contribution < -0.4 is 10.5 Å².